The maximum atomic E-state index is 13.9. The molecule has 0 radical (unpaired) electrons. The van der Waals surface area contributed by atoms with E-state index in [1.54, 1.807) is 60.8 Å². The van der Waals surface area contributed by atoms with Gasteiger partial charge in [0.1, 0.15) is 11.9 Å². The second-order valence-corrected chi connectivity index (χ2v) is 10.6. The van der Waals surface area contributed by atoms with Crippen molar-refractivity contribution in [1.29, 1.82) is 0 Å². The molecule has 1 atom stereocenters. The van der Waals surface area contributed by atoms with Crippen LogP contribution in [0.2, 0.25) is 10.0 Å². The molecule has 4 rings (SSSR count). The van der Waals surface area contributed by atoms with Gasteiger partial charge in [-0.15, -0.1) is 0 Å². The topological polar surface area (TPSA) is 117 Å². The van der Waals surface area contributed by atoms with E-state index in [0.717, 1.165) is 27.8 Å². The molecule has 0 fully saturated rings. The average Bonchev–Trinajstić information content (AvgIpc) is 2.97. The van der Waals surface area contributed by atoms with Crippen molar-refractivity contribution in [3.05, 3.63) is 129 Å². The van der Waals surface area contributed by atoms with Gasteiger partial charge in [0.25, 0.3) is 0 Å². The number of nitrogen functional groups attached to an aromatic ring is 1. The summed E-state index contributed by atoms with van der Waals surface area (Å²) in [6.07, 6.45) is 3.05. The van der Waals surface area contributed by atoms with Crippen LogP contribution in [-0.4, -0.2) is 34.6 Å². The lowest BCUT2D eigenvalue weighted by molar-refractivity contribution is -0.129. The van der Waals surface area contributed by atoms with Gasteiger partial charge in [0.15, 0.2) is 0 Å². The third-order valence-electron chi connectivity index (χ3n) is 6.76. The Hall–Kier alpha value is -3.91. The van der Waals surface area contributed by atoms with Crippen LogP contribution in [0.4, 0.5) is 5.82 Å². The molecule has 4 aromatic rings. The Morgan fingerprint density at radius 2 is 1.37 bits per heavy atom. The highest BCUT2D eigenvalue weighted by atomic mass is 35.5. The number of nitrogens with zero attached hydrogens (tertiary/aromatic N) is 1. The second-order valence-electron chi connectivity index (χ2n) is 9.73. The number of hydrogen-bond acceptors (Lipinski definition) is 5. The molecule has 5 N–H and O–H groups in total. The number of rotatable bonds is 12. The Kier molecular flexibility index (Phi) is 10.7. The minimum atomic E-state index is -0.812. The lowest BCUT2D eigenvalue weighted by Crippen LogP contribution is -2.48. The molecule has 1 aromatic heterocycles. The number of aliphatic hydroxyl groups is 1. The number of aryl methyl sites for hydroxylation is 1. The van der Waals surface area contributed by atoms with E-state index in [9.17, 15) is 9.59 Å². The van der Waals surface area contributed by atoms with Crippen molar-refractivity contribution in [1.82, 2.24) is 15.6 Å². The van der Waals surface area contributed by atoms with E-state index in [2.05, 4.69) is 15.6 Å². The lowest BCUT2D eigenvalue weighted by atomic mass is 9.90. The van der Waals surface area contributed by atoms with Gasteiger partial charge in [0, 0.05) is 29.4 Å². The highest BCUT2D eigenvalue weighted by molar-refractivity contribution is 6.30. The molecule has 1 unspecified atom stereocenters. The summed E-state index contributed by atoms with van der Waals surface area (Å²) in [5.41, 5.74) is 10.1. The van der Waals surface area contributed by atoms with Crippen LogP contribution in [0.25, 0.3) is 0 Å². The molecule has 9 heteroatoms. The Bertz CT molecular complexity index is 1400. The summed E-state index contributed by atoms with van der Waals surface area (Å²) in [5.74, 6) is -0.915. The fourth-order valence-corrected chi connectivity index (χ4v) is 4.81. The predicted octanol–water partition coefficient (Wildman–Crippen LogP) is 5.07. The van der Waals surface area contributed by atoms with Crippen molar-refractivity contribution in [2.24, 2.45) is 0 Å². The van der Waals surface area contributed by atoms with Crippen molar-refractivity contribution < 1.29 is 14.7 Å². The lowest BCUT2D eigenvalue weighted by Gasteiger charge is -2.23. The molecule has 2 amide bonds. The van der Waals surface area contributed by atoms with Crippen LogP contribution in [0.5, 0.6) is 0 Å². The molecule has 212 valence electrons. The predicted molar refractivity (Wildman–Crippen MR) is 163 cm³/mol. The number of nitrogens with one attached hydrogen (secondary N) is 2. The van der Waals surface area contributed by atoms with Gasteiger partial charge in [-0.2, -0.15) is 0 Å². The van der Waals surface area contributed by atoms with E-state index in [1.165, 1.54) is 0 Å². The number of pyridine rings is 1. The number of aliphatic hydroxyl groups excluding tert-OH is 1. The summed E-state index contributed by atoms with van der Waals surface area (Å²) < 4.78 is 0. The van der Waals surface area contributed by atoms with Crippen LogP contribution in [0.1, 0.15) is 40.2 Å². The molecule has 0 spiro atoms. The van der Waals surface area contributed by atoms with Gasteiger partial charge in [-0.05, 0) is 83.5 Å². The average molecular weight is 592 g/mol. The Morgan fingerprint density at radius 1 is 0.780 bits per heavy atom. The molecular formula is C32H32Cl2N4O3. The molecule has 0 saturated carbocycles. The summed E-state index contributed by atoms with van der Waals surface area (Å²) in [6, 6.07) is 24.6. The SMILES string of the molecule is Nc1cc(CCC(NC(=O)C(c2ccc(Cl)cc2)c2ccc(Cl)cc2)C(=O)NCc2ccc(CCO)cc2)ccn1. The Labute approximate surface area is 249 Å². The van der Waals surface area contributed by atoms with Crippen LogP contribution in [0.3, 0.4) is 0 Å². The van der Waals surface area contributed by atoms with Crippen LogP contribution in [0.15, 0.2) is 91.1 Å². The highest BCUT2D eigenvalue weighted by Crippen LogP contribution is 2.28. The second kappa shape index (κ2) is 14.6. The van der Waals surface area contributed by atoms with Gasteiger partial charge in [0.05, 0.1) is 5.92 Å². The number of halogens is 2. The van der Waals surface area contributed by atoms with Crippen LogP contribution in [0, 0.1) is 0 Å². The Morgan fingerprint density at radius 3 is 1.93 bits per heavy atom. The van der Waals surface area contributed by atoms with Crippen molar-refractivity contribution in [3.8, 4) is 0 Å². The quantitative estimate of drug-likeness (QED) is 0.184. The first kappa shape index (κ1) is 30.1. The van der Waals surface area contributed by atoms with Gasteiger partial charge in [0.2, 0.25) is 11.8 Å². The molecule has 41 heavy (non-hydrogen) atoms. The largest absolute Gasteiger partial charge is 0.396 e. The normalized spacial score (nSPS) is 11.7. The van der Waals surface area contributed by atoms with Crippen molar-refractivity contribution in [2.45, 2.75) is 37.8 Å². The number of benzene rings is 3. The first-order chi connectivity index (χ1) is 19.8. The van der Waals surface area contributed by atoms with Gasteiger partial charge in [-0.3, -0.25) is 9.59 Å². The van der Waals surface area contributed by atoms with E-state index >= 15 is 0 Å². The smallest absolute Gasteiger partial charge is 0.242 e. The van der Waals surface area contributed by atoms with Crippen LogP contribution >= 0.6 is 23.2 Å². The minimum Gasteiger partial charge on any atom is -0.396 e. The van der Waals surface area contributed by atoms with Crippen molar-refractivity contribution in [2.75, 3.05) is 12.3 Å². The van der Waals surface area contributed by atoms with Gasteiger partial charge in [-0.1, -0.05) is 71.7 Å². The number of amides is 2. The summed E-state index contributed by atoms with van der Waals surface area (Å²) in [5, 5.41) is 16.2. The molecule has 0 aliphatic carbocycles. The third kappa shape index (κ3) is 8.79. The minimum absolute atomic E-state index is 0.0770. The third-order valence-corrected chi connectivity index (χ3v) is 7.26. The molecule has 3 aromatic carbocycles. The molecule has 7 nitrogen and oxygen atoms in total. The number of carbonyl (C=O) groups excluding carboxylic acids is 2. The Balaban J connectivity index is 1.55. The fourth-order valence-electron chi connectivity index (χ4n) is 4.56. The van der Waals surface area contributed by atoms with E-state index in [1.807, 2.05) is 30.3 Å². The molecule has 0 bridgehead atoms. The van der Waals surface area contributed by atoms with E-state index < -0.39 is 12.0 Å². The fraction of sp³-hybridized carbons (Fsp3) is 0.219. The molecular weight excluding hydrogens is 559 g/mol. The highest BCUT2D eigenvalue weighted by Gasteiger charge is 2.28. The van der Waals surface area contributed by atoms with Crippen molar-refractivity contribution >= 4 is 40.8 Å². The van der Waals surface area contributed by atoms with Crippen molar-refractivity contribution in [3.63, 3.8) is 0 Å². The zero-order valence-corrected chi connectivity index (χ0v) is 23.9. The van der Waals surface area contributed by atoms with E-state index in [4.69, 9.17) is 34.0 Å². The summed E-state index contributed by atoms with van der Waals surface area (Å²) in [6.45, 7) is 0.373. The zero-order chi connectivity index (χ0) is 29.2. The first-order valence-corrected chi connectivity index (χ1v) is 14.1. The summed E-state index contributed by atoms with van der Waals surface area (Å²) >= 11 is 12.2. The molecule has 0 aliphatic heterocycles. The number of hydrogen-bond donors (Lipinski definition) is 4. The van der Waals surface area contributed by atoms with Gasteiger partial charge < -0.3 is 21.5 Å². The number of aromatic nitrogens is 1. The van der Waals surface area contributed by atoms with Crippen LogP contribution in [-0.2, 0) is 29.0 Å². The summed E-state index contributed by atoms with van der Waals surface area (Å²) in [7, 11) is 0. The molecule has 1 heterocycles. The van der Waals surface area contributed by atoms with E-state index in [-0.39, 0.29) is 18.4 Å². The van der Waals surface area contributed by atoms with Crippen LogP contribution < -0.4 is 16.4 Å². The monoisotopic (exact) mass is 590 g/mol. The van der Waals surface area contributed by atoms with E-state index in [0.29, 0.717) is 41.7 Å². The summed E-state index contributed by atoms with van der Waals surface area (Å²) in [4.78, 5) is 31.4. The maximum absolute atomic E-state index is 13.9. The van der Waals surface area contributed by atoms with Gasteiger partial charge in [-0.25, -0.2) is 4.98 Å². The standard InChI is InChI=1S/C32H32Cl2N4O3/c33-26-10-6-24(7-11-26)30(25-8-12-27(34)13-9-25)32(41)38-28(14-5-22-15-17-36-29(35)19-22)31(40)37-20-23-3-1-21(2-4-23)16-18-39/h1-4,6-13,15,17,19,28,30,39H,5,14,16,18,20H2,(H2,35,36)(H,37,40)(H,38,41). The zero-order valence-electron chi connectivity index (χ0n) is 22.4. The molecule has 0 saturated heterocycles. The first-order valence-electron chi connectivity index (χ1n) is 13.3. The number of anilines is 1. The number of nitrogens with two attached hydrogens (primary N) is 1. The molecule has 0 aliphatic rings. The van der Waals surface area contributed by atoms with Gasteiger partial charge >= 0.3 is 0 Å². The maximum Gasteiger partial charge on any atom is 0.242 e. The number of carbonyl (C=O) groups is 2.